The van der Waals surface area contributed by atoms with Gasteiger partial charge in [-0.2, -0.15) is 0 Å². The number of benzene rings is 1. The fourth-order valence-electron chi connectivity index (χ4n) is 2.33. The summed E-state index contributed by atoms with van der Waals surface area (Å²) < 4.78 is 5.39. The quantitative estimate of drug-likeness (QED) is 0.794. The van der Waals surface area contributed by atoms with Gasteiger partial charge in [0.05, 0.1) is 13.7 Å². The summed E-state index contributed by atoms with van der Waals surface area (Å²) in [6, 6.07) is 8.07. The Hall–Kier alpha value is -1.55. The average molecular weight is 278 g/mol. The number of nitrogens with zero attached hydrogens (tertiary/aromatic N) is 1. The number of methoxy groups -OCH3 is 1. The van der Waals surface area contributed by atoms with Gasteiger partial charge in [0.25, 0.3) is 0 Å². The van der Waals surface area contributed by atoms with Gasteiger partial charge in [0.15, 0.2) is 0 Å². The number of nitrogens with one attached hydrogen (secondary N) is 1. The van der Waals surface area contributed by atoms with Crippen LogP contribution in [0, 0.1) is 0 Å². The fourth-order valence-corrected chi connectivity index (χ4v) is 2.33. The maximum Gasteiger partial charge on any atom is 0.236 e. The Morgan fingerprint density at radius 3 is 2.45 bits per heavy atom. The summed E-state index contributed by atoms with van der Waals surface area (Å²) in [6.07, 6.45) is 0.909. The van der Waals surface area contributed by atoms with Crippen LogP contribution >= 0.6 is 0 Å². The molecule has 0 saturated carbocycles. The molecule has 4 nitrogen and oxygen atoms in total. The van der Waals surface area contributed by atoms with E-state index < -0.39 is 0 Å². The maximum atomic E-state index is 12.0. The number of ether oxygens (including phenoxy) is 1. The summed E-state index contributed by atoms with van der Waals surface area (Å²) in [5.41, 5.74) is 1.10. The third kappa shape index (κ3) is 4.23. The molecular formula is C16H26N2O2. The van der Waals surface area contributed by atoms with Crippen molar-refractivity contribution < 1.29 is 9.53 Å². The standard InChI is InChI=1S/C16H26N2O2/c1-5-14(13-10-8-9-11-15(13)20-4)17-12-16(19)18(6-2)7-3/h8-11,14,17H,5-7,12H2,1-4H3. The van der Waals surface area contributed by atoms with Crippen LogP contribution in [0.3, 0.4) is 0 Å². The van der Waals surface area contributed by atoms with Crippen molar-refractivity contribution in [3.8, 4) is 5.75 Å². The highest BCUT2D eigenvalue weighted by molar-refractivity contribution is 5.78. The van der Waals surface area contributed by atoms with Gasteiger partial charge in [-0.1, -0.05) is 25.1 Å². The van der Waals surface area contributed by atoms with Crippen LogP contribution in [0.4, 0.5) is 0 Å². The molecule has 112 valence electrons. The van der Waals surface area contributed by atoms with E-state index in [-0.39, 0.29) is 11.9 Å². The number of likely N-dealkylation sites (N-methyl/N-ethyl adjacent to an activating group) is 1. The normalized spacial score (nSPS) is 12.0. The predicted molar refractivity (Wildman–Crippen MR) is 82.0 cm³/mol. The molecule has 1 rings (SSSR count). The molecule has 1 aromatic rings. The number of para-hydroxylation sites is 1. The van der Waals surface area contributed by atoms with E-state index in [2.05, 4.69) is 12.2 Å². The molecule has 0 spiro atoms. The SMILES string of the molecule is CCC(NCC(=O)N(CC)CC)c1ccccc1OC. The summed E-state index contributed by atoms with van der Waals surface area (Å²) in [4.78, 5) is 13.9. The third-order valence-electron chi connectivity index (χ3n) is 3.54. The van der Waals surface area contributed by atoms with Crippen LogP contribution in [-0.4, -0.2) is 37.6 Å². The molecule has 0 aliphatic heterocycles. The van der Waals surface area contributed by atoms with Crippen molar-refractivity contribution in [3.05, 3.63) is 29.8 Å². The molecule has 20 heavy (non-hydrogen) atoms. The Labute approximate surface area is 122 Å². The van der Waals surface area contributed by atoms with E-state index in [0.717, 1.165) is 30.8 Å². The lowest BCUT2D eigenvalue weighted by Crippen LogP contribution is -2.39. The lowest BCUT2D eigenvalue weighted by atomic mass is 10.0. The monoisotopic (exact) mass is 278 g/mol. The minimum atomic E-state index is 0.130. The molecule has 0 saturated heterocycles. The number of hydrogen-bond donors (Lipinski definition) is 1. The summed E-state index contributed by atoms with van der Waals surface area (Å²) in [6.45, 7) is 7.97. The largest absolute Gasteiger partial charge is 0.496 e. The molecule has 0 aliphatic carbocycles. The first-order valence-corrected chi connectivity index (χ1v) is 7.31. The van der Waals surface area contributed by atoms with Crippen LogP contribution in [0.5, 0.6) is 5.75 Å². The molecule has 0 fully saturated rings. The topological polar surface area (TPSA) is 41.6 Å². The molecule has 0 radical (unpaired) electrons. The minimum Gasteiger partial charge on any atom is -0.496 e. The van der Waals surface area contributed by atoms with E-state index in [0.29, 0.717) is 6.54 Å². The van der Waals surface area contributed by atoms with Gasteiger partial charge in [-0.3, -0.25) is 4.79 Å². The first-order valence-electron chi connectivity index (χ1n) is 7.31. The van der Waals surface area contributed by atoms with Gasteiger partial charge in [0.1, 0.15) is 5.75 Å². The Bertz CT molecular complexity index is 417. The van der Waals surface area contributed by atoms with Crippen LogP contribution in [0.25, 0.3) is 0 Å². The van der Waals surface area contributed by atoms with E-state index >= 15 is 0 Å². The Kier molecular flexibility index (Phi) is 7.09. The lowest BCUT2D eigenvalue weighted by Gasteiger charge is -2.23. The van der Waals surface area contributed by atoms with Gasteiger partial charge in [0, 0.05) is 24.7 Å². The zero-order chi connectivity index (χ0) is 15.0. The van der Waals surface area contributed by atoms with Crippen LogP contribution in [0.1, 0.15) is 38.8 Å². The number of rotatable bonds is 8. The lowest BCUT2D eigenvalue weighted by molar-refractivity contribution is -0.130. The van der Waals surface area contributed by atoms with Gasteiger partial charge < -0.3 is 15.0 Å². The number of carbonyl (C=O) groups excluding carboxylic acids is 1. The first-order chi connectivity index (χ1) is 9.67. The Morgan fingerprint density at radius 1 is 1.25 bits per heavy atom. The van der Waals surface area contributed by atoms with Crippen molar-refractivity contribution in [2.24, 2.45) is 0 Å². The van der Waals surface area contributed by atoms with Gasteiger partial charge in [-0.05, 0) is 26.3 Å². The average Bonchev–Trinajstić information content (AvgIpc) is 2.49. The molecule has 0 aliphatic rings. The molecule has 1 unspecified atom stereocenters. The third-order valence-corrected chi connectivity index (χ3v) is 3.54. The Morgan fingerprint density at radius 2 is 1.90 bits per heavy atom. The maximum absolute atomic E-state index is 12.0. The summed E-state index contributed by atoms with van der Waals surface area (Å²) in [5, 5.41) is 3.34. The van der Waals surface area contributed by atoms with Crippen molar-refractivity contribution in [1.29, 1.82) is 0 Å². The highest BCUT2D eigenvalue weighted by Crippen LogP contribution is 2.26. The Balaban J connectivity index is 2.70. The molecule has 0 heterocycles. The molecule has 1 amide bonds. The molecule has 1 aromatic carbocycles. The molecular weight excluding hydrogens is 252 g/mol. The van der Waals surface area contributed by atoms with E-state index in [9.17, 15) is 4.79 Å². The second kappa shape index (κ2) is 8.59. The summed E-state index contributed by atoms with van der Waals surface area (Å²) in [5.74, 6) is 1.01. The van der Waals surface area contributed by atoms with Crippen molar-refractivity contribution in [2.45, 2.75) is 33.2 Å². The minimum absolute atomic E-state index is 0.130. The van der Waals surface area contributed by atoms with E-state index in [4.69, 9.17) is 4.74 Å². The predicted octanol–water partition coefficient (Wildman–Crippen LogP) is 2.60. The second-order valence-corrected chi connectivity index (χ2v) is 4.65. The van der Waals surface area contributed by atoms with Crippen molar-refractivity contribution in [2.75, 3.05) is 26.7 Å². The second-order valence-electron chi connectivity index (χ2n) is 4.65. The zero-order valence-corrected chi connectivity index (χ0v) is 13.0. The van der Waals surface area contributed by atoms with Gasteiger partial charge in [0.2, 0.25) is 5.91 Å². The summed E-state index contributed by atoms with van der Waals surface area (Å²) in [7, 11) is 1.67. The molecule has 1 atom stereocenters. The first kappa shape index (κ1) is 16.5. The molecule has 1 N–H and O–H groups in total. The highest BCUT2D eigenvalue weighted by atomic mass is 16.5. The fraction of sp³-hybridized carbons (Fsp3) is 0.562. The van der Waals surface area contributed by atoms with Gasteiger partial charge >= 0.3 is 0 Å². The molecule has 0 bridgehead atoms. The van der Waals surface area contributed by atoms with Crippen molar-refractivity contribution >= 4 is 5.91 Å². The number of carbonyl (C=O) groups is 1. The highest BCUT2D eigenvalue weighted by Gasteiger charge is 2.16. The van der Waals surface area contributed by atoms with Crippen molar-refractivity contribution in [1.82, 2.24) is 10.2 Å². The van der Waals surface area contributed by atoms with E-state index in [1.807, 2.05) is 43.0 Å². The van der Waals surface area contributed by atoms with Crippen LogP contribution in [-0.2, 0) is 4.79 Å². The van der Waals surface area contributed by atoms with Crippen LogP contribution < -0.4 is 10.1 Å². The van der Waals surface area contributed by atoms with E-state index in [1.165, 1.54) is 0 Å². The van der Waals surface area contributed by atoms with E-state index in [1.54, 1.807) is 7.11 Å². The smallest absolute Gasteiger partial charge is 0.236 e. The summed E-state index contributed by atoms with van der Waals surface area (Å²) >= 11 is 0. The van der Waals surface area contributed by atoms with Crippen molar-refractivity contribution in [3.63, 3.8) is 0 Å². The molecule has 0 aromatic heterocycles. The zero-order valence-electron chi connectivity index (χ0n) is 13.0. The van der Waals surface area contributed by atoms with Gasteiger partial charge in [-0.15, -0.1) is 0 Å². The van der Waals surface area contributed by atoms with Crippen LogP contribution in [0.2, 0.25) is 0 Å². The van der Waals surface area contributed by atoms with Crippen LogP contribution in [0.15, 0.2) is 24.3 Å². The number of hydrogen-bond acceptors (Lipinski definition) is 3. The number of amides is 1. The molecule has 4 heteroatoms. The van der Waals surface area contributed by atoms with Gasteiger partial charge in [-0.25, -0.2) is 0 Å².